The van der Waals surface area contributed by atoms with Crippen LogP contribution in [-0.4, -0.2) is 23.8 Å². The Bertz CT molecular complexity index is 1050. The molecule has 0 radical (unpaired) electrons. The van der Waals surface area contributed by atoms with Gasteiger partial charge in [0.1, 0.15) is 23.0 Å². The number of ether oxygens (including phenoxy) is 1. The molecule has 0 spiro atoms. The van der Waals surface area contributed by atoms with Crippen molar-refractivity contribution in [2.24, 2.45) is 0 Å². The molecular formula is C22H18FN3O3. The van der Waals surface area contributed by atoms with Crippen LogP contribution in [0.1, 0.15) is 16.1 Å². The Morgan fingerprint density at radius 1 is 1.03 bits per heavy atom. The standard InChI is InChI=1S/C22H18FN3O3/c1-24-22(28)20-14-19(11-12-25-20)29-18-8-6-17(7-9-18)26-21(27)10-5-15-3-2-4-16(23)13-15/h2-14H,1H3,(H,24,28)(H,26,27)/b10-5+. The average molecular weight is 391 g/mol. The number of hydrogen-bond acceptors (Lipinski definition) is 4. The van der Waals surface area contributed by atoms with Crippen LogP contribution in [0, 0.1) is 5.82 Å². The van der Waals surface area contributed by atoms with E-state index in [2.05, 4.69) is 15.6 Å². The highest BCUT2D eigenvalue weighted by Gasteiger charge is 2.07. The van der Waals surface area contributed by atoms with Gasteiger partial charge in [-0.2, -0.15) is 0 Å². The van der Waals surface area contributed by atoms with Gasteiger partial charge >= 0.3 is 0 Å². The summed E-state index contributed by atoms with van der Waals surface area (Å²) in [5, 5.41) is 5.21. The van der Waals surface area contributed by atoms with Gasteiger partial charge in [0.2, 0.25) is 5.91 Å². The van der Waals surface area contributed by atoms with Crippen molar-refractivity contribution in [1.29, 1.82) is 0 Å². The van der Waals surface area contributed by atoms with E-state index in [4.69, 9.17) is 4.74 Å². The fourth-order valence-corrected chi connectivity index (χ4v) is 2.44. The first-order valence-electron chi connectivity index (χ1n) is 8.74. The van der Waals surface area contributed by atoms with Gasteiger partial charge in [-0.15, -0.1) is 0 Å². The molecule has 0 atom stereocenters. The summed E-state index contributed by atoms with van der Waals surface area (Å²) in [6, 6.07) is 15.9. The van der Waals surface area contributed by atoms with E-state index in [0.717, 1.165) is 0 Å². The first kappa shape index (κ1) is 19.8. The van der Waals surface area contributed by atoms with Crippen molar-refractivity contribution in [3.8, 4) is 11.5 Å². The fraction of sp³-hybridized carbons (Fsp3) is 0.0455. The van der Waals surface area contributed by atoms with Gasteiger partial charge in [0, 0.05) is 31.1 Å². The highest BCUT2D eigenvalue weighted by atomic mass is 19.1. The third-order valence-corrected chi connectivity index (χ3v) is 3.82. The van der Waals surface area contributed by atoms with E-state index < -0.39 is 0 Å². The summed E-state index contributed by atoms with van der Waals surface area (Å²) in [5.41, 5.74) is 1.42. The van der Waals surface area contributed by atoms with Gasteiger partial charge in [0.15, 0.2) is 0 Å². The summed E-state index contributed by atoms with van der Waals surface area (Å²) < 4.78 is 18.9. The van der Waals surface area contributed by atoms with Crippen LogP contribution in [0.2, 0.25) is 0 Å². The van der Waals surface area contributed by atoms with Gasteiger partial charge in [-0.05, 0) is 54.1 Å². The maximum Gasteiger partial charge on any atom is 0.269 e. The molecule has 0 bridgehead atoms. The van der Waals surface area contributed by atoms with Crippen LogP contribution in [0.3, 0.4) is 0 Å². The second-order valence-electron chi connectivity index (χ2n) is 5.96. The summed E-state index contributed by atoms with van der Waals surface area (Å²) in [5.74, 6) is -0.00681. The van der Waals surface area contributed by atoms with Crippen molar-refractivity contribution >= 4 is 23.6 Å². The molecule has 0 unspecified atom stereocenters. The number of nitrogens with zero attached hydrogens (tertiary/aromatic N) is 1. The predicted molar refractivity (Wildman–Crippen MR) is 108 cm³/mol. The van der Waals surface area contributed by atoms with E-state index in [1.807, 2.05) is 0 Å². The molecule has 0 saturated heterocycles. The number of carbonyl (C=O) groups is 2. The number of aromatic nitrogens is 1. The quantitative estimate of drug-likeness (QED) is 0.622. The SMILES string of the molecule is CNC(=O)c1cc(Oc2ccc(NC(=O)/C=C/c3cccc(F)c3)cc2)ccn1. The Morgan fingerprint density at radius 3 is 2.55 bits per heavy atom. The molecule has 2 N–H and O–H groups in total. The lowest BCUT2D eigenvalue weighted by molar-refractivity contribution is -0.111. The molecule has 0 saturated carbocycles. The first-order valence-corrected chi connectivity index (χ1v) is 8.74. The number of hydrogen-bond donors (Lipinski definition) is 2. The number of rotatable bonds is 6. The van der Waals surface area contributed by atoms with E-state index in [1.165, 1.54) is 43.6 Å². The van der Waals surface area contributed by atoms with Crippen molar-refractivity contribution in [2.45, 2.75) is 0 Å². The molecule has 2 aromatic carbocycles. The van der Waals surface area contributed by atoms with E-state index in [9.17, 15) is 14.0 Å². The fourth-order valence-electron chi connectivity index (χ4n) is 2.44. The van der Waals surface area contributed by atoms with Gasteiger partial charge in [-0.1, -0.05) is 12.1 Å². The average Bonchev–Trinajstić information content (AvgIpc) is 2.73. The van der Waals surface area contributed by atoms with Crippen LogP contribution in [0.25, 0.3) is 6.08 Å². The van der Waals surface area contributed by atoms with Crippen molar-refractivity contribution in [1.82, 2.24) is 10.3 Å². The van der Waals surface area contributed by atoms with Crippen LogP contribution in [-0.2, 0) is 4.79 Å². The minimum absolute atomic E-state index is 0.249. The molecular weight excluding hydrogens is 373 g/mol. The van der Waals surface area contributed by atoms with Crippen molar-refractivity contribution < 1.29 is 18.7 Å². The van der Waals surface area contributed by atoms with Crippen LogP contribution in [0.5, 0.6) is 11.5 Å². The number of benzene rings is 2. The number of pyridine rings is 1. The highest BCUT2D eigenvalue weighted by Crippen LogP contribution is 2.23. The zero-order valence-electron chi connectivity index (χ0n) is 15.6. The maximum absolute atomic E-state index is 13.1. The monoisotopic (exact) mass is 391 g/mol. The molecule has 0 fully saturated rings. The molecule has 1 heterocycles. The summed E-state index contributed by atoms with van der Waals surface area (Å²) >= 11 is 0. The molecule has 3 rings (SSSR count). The second-order valence-corrected chi connectivity index (χ2v) is 5.96. The van der Waals surface area contributed by atoms with E-state index in [0.29, 0.717) is 22.7 Å². The zero-order chi connectivity index (χ0) is 20.6. The Labute approximate surface area is 167 Å². The van der Waals surface area contributed by atoms with Crippen molar-refractivity contribution in [2.75, 3.05) is 12.4 Å². The number of amides is 2. The van der Waals surface area contributed by atoms with Gasteiger partial charge < -0.3 is 15.4 Å². The van der Waals surface area contributed by atoms with Crippen molar-refractivity contribution in [3.63, 3.8) is 0 Å². The summed E-state index contributed by atoms with van der Waals surface area (Å²) in [6.45, 7) is 0. The number of anilines is 1. The summed E-state index contributed by atoms with van der Waals surface area (Å²) in [4.78, 5) is 27.6. The topological polar surface area (TPSA) is 80.3 Å². The van der Waals surface area contributed by atoms with E-state index in [1.54, 1.807) is 42.5 Å². The molecule has 0 aliphatic heterocycles. The molecule has 3 aromatic rings. The third kappa shape index (κ3) is 5.74. The Morgan fingerprint density at radius 2 is 1.83 bits per heavy atom. The van der Waals surface area contributed by atoms with Gasteiger partial charge in [-0.3, -0.25) is 14.6 Å². The van der Waals surface area contributed by atoms with Crippen molar-refractivity contribution in [3.05, 3.63) is 90.0 Å². The first-order chi connectivity index (χ1) is 14.0. The second kappa shape index (κ2) is 9.27. The third-order valence-electron chi connectivity index (χ3n) is 3.82. The molecule has 146 valence electrons. The van der Waals surface area contributed by atoms with Crippen LogP contribution >= 0.6 is 0 Å². The Hall–Kier alpha value is -4.00. The lowest BCUT2D eigenvalue weighted by Gasteiger charge is -2.08. The highest BCUT2D eigenvalue weighted by molar-refractivity contribution is 6.01. The lowest BCUT2D eigenvalue weighted by atomic mass is 10.2. The van der Waals surface area contributed by atoms with E-state index in [-0.39, 0.29) is 23.3 Å². The Kier molecular flexibility index (Phi) is 6.32. The largest absolute Gasteiger partial charge is 0.457 e. The van der Waals surface area contributed by atoms with E-state index >= 15 is 0 Å². The lowest BCUT2D eigenvalue weighted by Crippen LogP contribution is -2.18. The van der Waals surface area contributed by atoms with Gasteiger partial charge in [0.25, 0.3) is 5.91 Å². The minimum Gasteiger partial charge on any atom is -0.457 e. The maximum atomic E-state index is 13.1. The molecule has 0 aliphatic rings. The molecule has 7 heteroatoms. The zero-order valence-corrected chi connectivity index (χ0v) is 15.6. The van der Waals surface area contributed by atoms with Crippen LogP contribution < -0.4 is 15.4 Å². The number of halogens is 1. The van der Waals surface area contributed by atoms with Gasteiger partial charge in [-0.25, -0.2) is 4.39 Å². The number of nitrogens with one attached hydrogen (secondary N) is 2. The predicted octanol–water partition coefficient (Wildman–Crippen LogP) is 4.02. The normalized spacial score (nSPS) is 10.6. The smallest absolute Gasteiger partial charge is 0.269 e. The number of carbonyl (C=O) groups excluding carboxylic acids is 2. The summed E-state index contributed by atoms with van der Waals surface area (Å²) in [7, 11) is 1.53. The summed E-state index contributed by atoms with van der Waals surface area (Å²) in [6.07, 6.45) is 4.35. The molecule has 2 amide bonds. The van der Waals surface area contributed by atoms with Crippen LogP contribution in [0.4, 0.5) is 10.1 Å². The Balaban J connectivity index is 1.60. The molecule has 1 aromatic heterocycles. The molecule has 29 heavy (non-hydrogen) atoms. The van der Waals surface area contributed by atoms with Gasteiger partial charge in [0.05, 0.1) is 0 Å². The van der Waals surface area contributed by atoms with Crippen LogP contribution in [0.15, 0.2) is 72.9 Å². The minimum atomic E-state index is -0.361. The molecule has 0 aliphatic carbocycles. The molecule has 6 nitrogen and oxygen atoms in total.